The quantitative estimate of drug-likeness (QED) is 0.679. The van der Waals surface area contributed by atoms with Gasteiger partial charge in [-0.1, -0.05) is 39.3 Å². The Balaban J connectivity index is 2.00. The Labute approximate surface area is 125 Å². The van der Waals surface area contributed by atoms with Crippen LogP contribution >= 0.6 is 23.2 Å². The number of alkyl halides is 1. The molecular formula is C16H20Cl2O. The molecule has 19 heavy (non-hydrogen) atoms. The van der Waals surface area contributed by atoms with Crippen LogP contribution in [0.4, 0.5) is 0 Å². The van der Waals surface area contributed by atoms with Gasteiger partial charge in [0.15, 0.2) is 0 Å². The van der Waals surface area contributed by atoms with Gasteiger partial charge in [0, 0.05) is 17.0 Å². The highest BCUT2D eigenvalue weighted by Gasteiger charge is 2.67. The van der Waals surface area contributed by atoms with Crippen LogP contribution in [0, 0.1) is 16.7 Å². The first-order valence-corrected chi connectivity index (χ1v) is 7.67. The normalized spacial score (nSPS) is 24.7. The summed E-state index contributed by atoms with van der Waals surface area (Å²) in [7, 11) is 0. The summed E-state index contributed by atoms with van der Waals surface area (Å²) in [5.74, 6) is 1.43. The third kappa shape index (κ3) is 1.81. The molecule has 1 aliphatic carbocycles. The molecule has 0 N–H and O–H groups in total. The number of hydrogen-bond acceptors (Lipinski definition) is 1. The molecule has 3 rings (SSSR count). The number of fused-ring (bicyclic) bond motifs is 1. The molecular weight excluding hydrogens is 279 g/mol. The van der Waals surface area contributed by atoms with Crippen molar-refractivity contribution in [2.24, 2.45) is 16.7 Å². The monoisotopic (exact) mass is 298 g/mol. The van der Waals surface area contributed by atoms with E-state index in [-0.39, 0.29) is 16.2 Å². The Morgan fingerprint density at radius 1 is 1.21 bits per heavy atom. The zero-order valence-corrected chi connectivity index (χ0v) is 13.4. The minimum absolute atomic E-state index is 0.0319. The van der Waals surface area contributed by atoms with Gasteiger partial charge in [-0.2, -0.15) is 0 Å². The lowest BCUT2D eigenvalue weighted by molar-refractivity contribution is 0.351. The van der Waals surface area contributed by atoms with Gasteiger partial charge in [0.05, 0.1) is 12.0 Å². The smallest absolute Gasteiger partial charge is 0.127 e. The van der Waals surface area contributed by atoms with Gasteiger partial charge in [-0.05, 0) is 34.4 Å². The van der Waals surface area contributed by atoms with E-state index in [1.54, 1.807) is 0 Å². The van der Waals surface area contributed by atoms with Crippen LogP contribution in [0.1, 0.15) is 44.2 Å². The fourth-order valence-corrected chi connectivity index (χ4v) is 4.70. The SMILES string of the molecule is CC1(C)C(C(Cl)c2cc(Cl)cc3c2OCC3)C1(C)C. The van der Waals surface area contributed by atoms with Crippen LogP contribution in [0.3, 0.4) is 0 Å². The third-order valence-corrected chi connectivity index (χ3v) is 6.20. The Bertz CT molecular complexity index is 520. The maximum atomic E-state index is 6.79. The van der Waals surface area contributed by atoms with Gasteiger partial charge in [-0.15, -0.1) is 11.6 Å². The van der Waals surface area contributed by atoms with Crippen LogP contribution in [0.15, 0.2) is 12.1 Å². The summed E-state index contributed by atoms with van der Waals surface area (Å²) in [5.41, 5.74) is 2.79. The molecule has 0 spiro atoms. The molecule has 3 heteroatoms. The summed E-state index contributed by atoms with van der Waals surface area (Å²) >= 11 is 13.0. The summed E-state index contributed by atoms with van der Waals surface area (Å²) in [4.78, 5) is 0. The van der Waals surface area contributed by atoms with Crippen molar-refractivity contribution in [1.29, 1.82) is 0 Å². The Hall–Kier alpha value is -0.400. The highest BCUT2D eigenvalue weighted by atomic mass is 35.5. The second kappa shape index (κ2) is 4.05. The van der Waals surface area contributed by atoms with Gasteiger partial charge in [0.2, 0.25) is 0 Å². The van der Waals surface area contributed by atoms with E-state index in [2.05, 4.69) is 27.7 Å². The van der Waals surface area contributed by atoms with Gasteiger partial charge < -0.3 is 4.74 Å². The number of rotatable bonds is 2. The predicted octanol–water partition coefficient (Wildman–Crippen LogP) is 5.24. The van der Waals surface area contributed by atoms with E-state index >= 15 is 0 Å². The molecule has 1 unspecified atom stereocenters. The zero-order valence-electron chi connectivity index (χ0n) is 11.9. The molecule has 2 aliphatic rings. The van der Waals surface area contributed by atoms with E-state index in [0.29, 0.717) is 5.92 Å². The van der Waals surface area contributed by atoms with Crippen LogP contribution in [0.25, 0.3) is 0 Å². The molecule has 1 aromatic rings. The number of hydrogen-bond donors (Lipinski definition) is 0. The van der Waals surface area contributed by atoms with E-state index in [4.69, 9.17) is 27.9 Å². The fourth-order valence-electron chi connectivity index (χ4n) is 3.66. The van der Waals surface area contributed by atoms with E-state index in [1.165, 1.54) is 5.56 Å². The predicted molar refractivity (Wildman–Crippen MR) is 80.3 cm³/mol. The van der Waals surface area contributed by atoms with Gasteiger partial charge >= 0.3 is 0 Å². The molecule has 1 heterocycles. The molecule has 1 aliphatic heterocycles. The lowest BCUT2D eigenvalue weighted by Crippen LogP contribution is -2.02. The summed E-state index contributed by atoms with van der Waals surface area (Å²) in [6, 6.07) is 3.98. The maximum Gasteiger partial charge on any atom is 0.127 e. The van der Waals surface area contributed by atoms with Gasteiger partial charge in [-0.25, -0.2) is 0 Å². The van der Waals surface area contributed by atoms with Gasteiger partial charge in [0.1, 0.15) is 5.75 Å². The van der Waals surface area contributed by atoms with E-state index in [1.807, 2.05) is 12.1 Å². The lowest BCUT2D eigenvalue weighted by Gasteiger charge is -2.16. The average molecular weight is 299 g/mol. The third-order valence-electron chi connectivity index (χ3n) is 5.50. The standard InChI is InChI=1S/C16H20Cl2O/c1-15(2)14(16(15,3)4)12(18)11-8-10(17)7-9-5-6-19-13(9)11/h7-8,12,14H,5-6H2,1-4H3. The number of ether oxygens (including phenoxy) is 1. The van der Waals surface area contributed by atoms with Crippen LogP contribution in [0.5, 0.6) is 5.75 Å². The van der Waals surface area contributed by atoms with Crippen LogP contribution in [0.2, 0.25) is 5.02 Å². The first kappa shape index (κ1) is 13.6. The minimum Gasteiger partial charge on any atom is -0.493 e. The van der Waals surface area contributed by atoms with Crippen molar-refractivity contribution >= 4 is 23.2 Å². The molecule has 0 saturated heterocycles. The second-order valence-electron chi connectivity index (χ2n) is 6.90. The van der Waals surface area contributed by atoms with Crippen molar-refractivity contribution in [1.82, 2.24) is 0 Å². The summed E-state index contributed by atoms with van der Waals surface area (Å²) in [6.45, 7) is 9.90. The lowest BCUT2D eigenvalue weighted by atomic mass is 9.99. The van der Waals surface area contributed by atoms with E-state index < -0.39 is 0 Å². The summed E-state index contributed by atoms with van der Waals surface area (Å²) in [5, 5.41) is 0.733. The number of halogens is 2. The van der Waals surface area contributed by atoms with Crippen LogP contribution in [-0.2, 0) is 6.42 Å². The Kier molecular flexibility index (Phi) is 2.89. The summed E-state index contributed by atoms with van der Waals surface area (Å²) < 4.78 is 5.78. The van der Waals surface area contributed by atoms with Gasteiger partial charge in [-0.3, -0.25) is 0 Å². The topological polar surface area (TPSA) is 9.23 Å². The molecule has 1 atom stereocenters. The van der Waals surface area contributed by atoms with Crippen molar-refractivity contribution in [3.8, 4) is 5.75 Å². The zero-order chi connectivity index (χ0) is 14.0. The van der Waals surface area contributed by atoms with Crippen molar-refractivity contribution < 1.29 is 4.74 Å². The molecule has 1 fully saturated rings. The minimum atomic E-state index is -0.0319. The molecule has 0 bridgehead atoms. The molecule has 0 amide bonds. The van der Waals surface area contributed by atoms with Crippen LogP contribution < -0.4 is 4.74 Å². The van der Waals surface area contributed by atoms with E-state index in [0.717, 1.165) is 29.4 Å². The maximum absolute atomic E-state index is 6.79. The number of benzene rings is 1. The molecule has 104 valence electrons. The fraction of sp³-hybridized carbons (Fsp3) is 0.625. The molecule has 1 nitrogen and oxygen atoms in total. The largest absolute Gasteiger partial charge is 0.493 e. The van der Waals surface area contributed by atoms with E-state index in [9.17, 15) is 0 Å². The first-order chi connectivity index (χ1) is 8.76. The summed E-state index contributed by atoms with van der Waals surface area (Å²) in [6.07, 6.45) is 0.934. The average Bonchev–Trinajstić information content (AvgIpc) is 2.68. The highest BCUT2D eigenvalue weighted by Crippen LogP contribution is 2.74. The first-order valence-electron chi connectivity index (χ1n) is 6.86. The highest BCUT2D eigenvalue weighted by molar-refractivity contribution is 6.31. The Morgan fingerprint density at radius 2 is 1.84 bits per heavy atom. The molecule has 0 radical (unpaired) electrons. The molecule has 1 saturated carbocycles. The molecule has 0 aromatic heterocycles. The van der Waals surface area contributed by atoms with Crippen molar-refractivity contribution in [3.05, 3.63) is 28.3 Å². The molecule has 1 aromatic carbocycles. The second-order valence-corrected chi connectivity index (χ2v) is 7.81. The Morgan fingerprint density at radius 3 is 2.42 bits per heavy atom. The van der Waals surface area contributed by atoms with Crippen molar-refractivity contribution in [3.63, 3.8) is 0 Å². The van der Waals surface area contributed by atoms with Crippen LogP contribution in [-0.4, -0.2) is 6.61 Å². The van der Waals surface area contributed by atoms with Crippen molar-refractivity contribution in [2.75, 3.05) is 6.61 Å². The van der Waals surface area contributed by atoms with Crippen molar-refractivity contribution in [2.45, 2.75) is 39.5 Å². The van der Waals surface area contributed by atoms with Gasteiger partial charge in [0.25, 0.3) is 0 Å².